The zero-order chi connectivity index (χ0) is 22.7. The van der Waals surface area contributed by atoms with E-state index in [-0.39, 0.29) is 23.5 Å². The molecule has 3 atom stereocenters. The molecule has 0 radical (unpaired) electrons. The second kappa shape index (κ2) is 9.23. The van der Waals surface area contributed by atoms with Crippen LogP contribution in [-0.2, 0) is 9.47 Å². The van der Waals surface area contributed by atoms with Crippen molar-refractivity contribution in [1.82, 2.24) is 9.55 Å². The van der Waals surface area contributed by atoms with Crippen LogP contribution in [0.2, 0.25) is 0 Å². The van der Waals surface area contributed by atoms with Crippen LogP contribution in [0.1, 0.15) is 28.6 Å². The number of ether oxygens (including phenoxy) is 5. The summed E-state index contributed by atoms with van der Waals surface area (Å²) in [6.07, 6.45) is -1.04. The molecular weight excluding hydrogens is 412 g/mol. The number of aryl methyl sites for hydroxylation is 1. The van der Waals surface area contributed by atoms with Gasteiger partial charge in [-0.1, -0.05) is 0 Å². The lowest BCUT2D eigenvalue weighted by Crippen LogP contribution is -2.33. The van der Waals surface area contributed by atoms with Gasteiger partial charge in [-0.25, -0.2) is 9.59 Å². The van der Waals surface area contributed by atoms with Crippen LogP contribution in [0.5, 0.6) is 17.2 Å². The molecule has 11 heteroatoms. The van der Waals surface area contributed by atoms with Gasteiger partial charge in [0.1, 0.15) is 18.4 Å². The van der Waals surface area contributed by atoms with E-state index in [4.69, 9.17) is 23.7 Å². The highest BCUT2D eigenvalue weighted by Crippen LogP contribution is 2.39. The molecule has 0 amide bonds. The number of nitrogens with one attached hydrogen (secondary N) is 1. The Bertz CT molecular complexity index is 1050. The minimum Gasteiger partial charge on any atom is -0.493 e. The Kier molecular flexibility index (Phi) is 6.66. The summed E-state index contributed by atoms with van der Waals surface area (Å²) < 4.78 is 28.2. The van der Waals surface area contributed by atoms with Crippen molar-refractivity contribution >= 4 is 5.97 Å². The van der Waals surface area contributed by atoms with E-state index in [1.165, 1.54) is 44.2 Å². The van der Waals surface area contributed by atoms with Gasteiger partial charge in [-0.2, -0.15) is 0 Å². The maximum atomic E-state index is 12.8. The predicted molar refractivity (Wildman–Crippen MR) is 107 cm³/mol. The summed E-state index contributed by atoms with van der Waals surface area (Å²) in [5, 5.41) is 9.67. The maximum Gasteiger partial charge on any atom is 0.338 e. The van der Waals surface area contributed by atoms with Crippen molar-refractivity contribution in [1.29, 1.82) is 0 Å². The second-order valence-electron chi connectivity index (χ2n) is 6.88. The smallest absolute Gasteiger partial charge is 0.338 e. The van der Waals surface area contributed by atoms with Crippen molar-refractivity contribution in [3.05, 3.63) is 50.3 Å². The number of hydrogen-bond donors (Lipinski definition) is 2. The van der Waals surface area contributed by atoms with Gasteiger partial charge >= 0.3 is 11.7 Å². The molecule has 11 nitrogen and oxygen atoms in total. The van der Waals surface area contributed by atoms with E-state index in [0.717, 1.165) is 0 Å². The van der Waals surface area contributed by atoms with Crippen molar-refractivity contribution in [3.63, 3.8) is 0 Å². The Labute approximate surface area is 177 Å². The number of nitrogens with zero attached hydrogens (tertiary/aromatic N) is 1. The molecule has 2 heterocycles. The first-order valence-electron chi connectivity index (χ1n) is 9.42. The number of aliphatic hydroxyl groups is 1. The minimum atomic E-state index is -0.852. The van der Waals surface area contributed by atoms with Crippen LogP contribution in [0.15, 0.2) is 27.9 Å². The summed E-state index contributed by atoms with van der Waals surface area (Å²) in [6, 6.07) is 2.89. The average Bonchev–Trinajstić information content (AvgIpc) is 3.17. The number of rotatable bonds is 7. The number of hydrogen-bond acceptors (Lipinski definition) is 9. The van der Waals surface area contributed by atoms with E-state index < -0.39 is 42.3 Å². The molecule has 1 aliphatic rings. The molecule has 1 saturated heterocycles. The molecule has 1 aromatic heterocycles. The Morgan fingerprint density at radius 2 is 1.84 bits per heavy atom. The van der Waals surface area contributed by atoms with Crippen molar-refractivity contribution in [2.24, 2.45) is 0 Å². The zero-order valence-corrected chi connectivity index (χ0v) is 17.5. The number of aromatic amines is 1. The van der Waals surface area contributed by atoms with Crippen LogP contribution < -0.4 is 25.5 Å². The van der Waals surface area contributed by atoms with Gasteiger partial charge in [-0.3, -0.25) is 14.3 Å². The van der Waals surface area contributed by atoms with Gasteiger partial charge in [-0.05, 0) is 19.1 Å². The summed E-state index contributed by atoms with van der Waals surface area (Å²) in [7, 11) is 4.29. The van der Waals surface area contributed by atoms with E-state index in [2.05, 4.69) is 4.98 Å². The SMILES string of the molecule is COc1cc(C(=O)O[C@@H]2C[C@@H](n3cc(C)c(=O)[nH]c3=O)O[C@H]2CO)cc(OC)c1OC. The largest absolute Gasteiger partial charge is 0.493 e. The summed E-state index contributed by atoms with van der Waals surface area (Å²) >= 11 is 0. The van der Waals surface area contributed by atoms with Gasteiger partial charge in [0.15, 0.2) is 11.5 Å². The normalized spacial score (nSPS) is 20.4. The number of carbonyl (C=O) groups is 1. The van der Waals surface area contributed by atoms with Gasteiger partial charge in [0.05, 0.1) is 33.5 Å². The quantitative estimate of drug-likeness (QED) is 0.590. The van der Waals surface area contributed by atoms with Gasteiger partial charge in [0, 0.05) is 18.2 Å². The monoisotopic (exact) mass is 436 g/mol. The average molecular weight is 436 g/mol. The summed E-state index contributed by atoms with van der Waals surface area (Å²) in [4.78, 5) is 38.7. The number of aromatic nitrogens is 2. The Balaban J connectivity index is 1.84. The van der Waals surface area contributed by atoms with Crippen LogP contribution in [0.4, 0.5) is 0 Å². The van der Waals surface area contributed by atoms with Crippen LogP contribution >= 0.6 is 0 Å². The third-order valence-corrected chi connectivity index (χ3v) is 4.98. The van der Waals surface area contributed by atoms with Crippen LogP contribution in [0.3, 0.4) is 0 Å². The minimum absolute atomic E-state index is 0.104. The summed E-state index contributed by atoms with van der Waals surface area (Å²) in [6.45, 7) is 1.12. The number of esters is 1. The third kappa shape index (κ3) is 4.42. The van der Waals surface area contributed by atoms with Gasteiger partial charge < -0.3 is 28.8 Å². The highest BCUT2D eigenvalue weighted by molar-refractivity contribution is 5.91. The third-order valence-electron chi connectivity index (χ3n) is 4.98. The maximum absolute atomic E-state index is 12.8. The second-order valence-corrected chi connectivity index (χ2v) is 6.88. The van der Waals surface area contributed by atoms with Crippen molar-refractivity contribution < 1.29 is 33.6 Å². The molecule has 3 rings (SSSR count). The Morgan fingerprint density at radius 3 is 2.39 bits per heavy atom. The molecule has 31 heavy (non-hydrogen) atoms. The molecule has 1 aromatic carbocycles. The van der Waals surface area contributed by atoms with Gasteiger partial charge in [0.25, 0.3) is 5.56 Å². The molecule has 0 saturated carbocycles. The lowest BCUT2D eigenvalue weighted by atomic mass is 10.1. The molecule has 1 fully saturated rings. The van der Waals surface area contributed by atoms with E-state index in [1.54, 1.807) is 6.92 Å². The fourth-order valence-electron chi connectivity index (χ4n) is 3.36. The summed E-state index contributed by atoms with van der Waals surface area (Å²) in [5.41, 5.74) is -0.689. The Hall–Kier alpha value is -3.31. The lowest BCUT2D eigenvalue weighted by molar-refractivity contribution is -0.0522. The first-order valence-corrected chi connectivity index (χ1v) is 9.42. The molecule has 1 aliphatic heterocycles. The van der Waals surface area contributed by atoms with E-state index >= 15 is 0 Å². The number of methoxy groups -OCH3 is 3. The number of aliphatic hydroxyl groups excluding tert-OH is 1. The van der Waals surface area contributed by atoms with Crippen molar-refractivity contribution in [2.75, 3.05) is 27.9 Å². The van der Waals surface area contributed by atoms with Crippen molar-refractivity contribution in [2.45, 2.75) is 31.8 Å². The number of H-pyrrole nitrogens is 1. The number of benzene rings is 1. The fourth-order valence-corrected chi connectivity index (χ4v) is 3.36. The Morgan fingerprint density at radius 1 is 1.19 bits per heavy atom. The van der Waals surface area contributed by atoms with E-state index in [0.29, 0.717) is 11.3 Å². The standard InChI is InChI=1S/C20H24N2O9/c1-10-8-22(20(26)21-18(10)24)16-7-12(15(9-23)30-16)31-19(25)11-5-13(27-2)17(29-4)14(6-11)28-3/h5-6,8,12,15-16,23H,7,9H2,1-4H3,(H,21,24,26)/t12-,15+,16+/m1/s1. The van der Waals surface area contributed by atoms with Crippen molar-refractivity contribution in [3.8, 4) is 17.2 Å². The highest BCUT2D eigenvalue weighted by atomic mass is 16.6. The first kappa shape index (κ1) is 22.4. The van der Waals surface area contributed by atoms with E-state index in [9.17, 15) is 19.5 Å². The molecular formula is C20H24N2O9. The molecule has 168 valence electrons. The summed E-state index contributed by atoms with van der Waals surface area (Å²) in [5.74, 6) is 0.190. The van der Waals surface area contributed by atoms with Gasteiger partial charge in [0.2, 0.25) is 5.75 Å². The molecule has 0 aliphatic carbocycles. The molecule has 0 unspecified atom stereocenters. The highest BCUT2D eigenvalue weighted by Gasteiger charge is 2.39. The number of carbonyl (C=O) groups excluding carboxylic acids is 1. The zero-order valence-electron chi connectivity index (χ0n) is 17.5. The van der Waals surface area contributed by atoms with Crippen LogP contribution in [0, 0.1) is 6.92 Å². The van der Waals surface area contributed by atoms with E-state index in [1.807, 2.05) is 0 Å². The fraction of sp³-hybridized carbons (Fsp3) is 0.450. The first-order chi connectivity index (χ1) is 14.8. The molecule has 2 aromatic rings. The van der Waals surface area contributed by atoms with Crippen LogP contribution in [0.25, 0.3) is 0 Å². The van der Waals surface area contributed by atoms with Crippen LogP contribution in [-0.4, -0.2) is 60.8 Å². The van der Waals surface area contributed by atoms with Gasteiger partial charge in [-0.15, -0.1) is 0 Å². The predicted octanol–water partition coefficient (Wildman–Crippen LogP) is 0.376. The molecule has 0 spiro atoms. The lowest BCUT2D eigenvalue weighted by Gasteiger charge is -2.18. The topological polar surface area (TPSA) is 138 Å². The molecule has 2 N–H and O–H groups in total. The molecule has 0 bridgehead atoms.